The number of halogens is 3. The first-order chi connectivity index (χ1) is 11.7. The highest BCUT2D eigenvalue weighted by Gasteiger charge is 2.50. The molecule has 1 amide bonds. The molecule has 1 aromatic carbocycles. The lowest BCUT2D eigenvalue weighted by Crippen LogP contribution is -2.47. The summed E-state index contributed by atoms with van der Waals surface area (Å²) in [4.78, 5) is 16.5. The molecule has 0 radical (unpaired) electrons. The second-order valence-corrected chi connectivity index (χ2v) is 6.83. The fraction of sp³-hybridized carbons (Fsp3) is 0.333. The molecule has 1 aliphatic rings. The lowest BCUT2D eigenvalue weighted by Gasteiger charge is -2.37. The van der Waals surface area contributed by atoms with Gasteiger partial charge in [-0.05, 0) is 38.0 Å². The first-order valence-corrected chi connectivity index (χ1v) is 8.21. The average Bonchev–Trinajstić information content (AvgIpc) is 2.58. The van der Waals surface area contributed by atoms with Crippen molar-refractivity contribution in [2.24, 2.45) is 0 Å². The van der Waals surface area contributed by atoms with E-state index >= 15 is 4.39 Å². The number of carbonyl (C=O) groups is 1. The summed E-state index contributed by atoms with van der Waals surface area (Å²) in [5.74, 6) is -1.46. The maximum absolute atomic E-state index is 15.5. The van der Waals surface area contributed by atoms with Crippen LogP contribution in [0.2, 0.25) is 5.02 Å². The van der Waals surface area contributed by atoms with Crippen molar-refractivity contribution in [1.82, 2.24) is 10.3 Å². The number of nitrogens with zero attached hydrogens (tertiary/aromatic N) is 1. The van der Waals surface area contributed by atoms with E-state index in [2.05, 4.69) is 10.3 Å². The molecule has 25 heavy (non-hydrogen) atoms. The average molecular weight is 367 g/mol. The number of aliphatic hydroxyl groups is 1. The number of fused-ring (bicyclic) bond motifs is 1. The summed E-state index contributed by atoms with van der Waals surface area (Å²) in [6.45, 7) is 1.37. The minimum absolute atomic E-state index is 0.0420. The van der Waals surface area contributed by atoms with E-state index < -0.39 is 23.0 Å². The molecule has 1 aromatic heterocycles. The van der Waals surface area contributed by atoms with Crippen LogP contribution in [0.5, 0.6) is 0 Å². The van der Waals surface area contributed by atoms with Gasteiger partial charge in [0.15, 0.2) is 0 Å². The zero-order valence-corrected chi connectivity index (χ0v) is 14.3. The van der Waals surface area contributed by atoms with Crippen molar-refractivity contribution in [1.29, 1.82) is 0 Å². The van der Waals surface area contributed by atoms with Crippen LogP contribution >= 0.6 is 11.6 Å². The number of nitrogens with one attached hydrogen (secondary N) is 1. The number of benzene rings is 1. The maximum atomic E-state index is 15.5. The molecule has 0 saturated carbocycles. The van der Waals surface area contributed by atoms with Gasteiger partial charge < -0.3 is 10.4 Å². The van der Waals surface area contributed by atoms with E-state index in [4.69, 9.17) is 11.6 Å². The maximum Gasteiger partial charge on any atom is 0.262 e. The normalized spacial score (nSPS) is 25.3. The van der Waals surface area contributed by atoms with Crippen LogP contribution < -0.4 is 5.32 Å². The zero-order valence-electron chi connectivity index (χ0n) is 13.5. The van der Waals surface area contributed by atoms with E-state index in [1.54, 1.807) is 6.92 Å². The highest BCUT2D eigenvalue weighted by molar-refractivity contribution is 6.30. The highest BCUT2D eigenvalue weighted by Crippen LogP contribution is 2.45. The Balaban J connectivity index is 1.84. The van der Waals surface area contributed by atoms with Crippen molar-refractivity contribution in [3.8, 4) is 0 Å². The van der Waals surface area contributed by atoms with Gasteiger partial charge in [-0.1, -0.05) is 23.7 Å². The van der Waals surface area contributed by atoms with Crippen LogP contribution in [0.1, 0.15) is 36.6 Å². The number of rotatable bonds is 3. The number of pyridine rings is 1. The Kier molecular flexibility index (Phi) is 4.51. The summed E-state index contributed by atoms with van der Waals surface area (Å²) in [6, 6.07) is 7.02. The van der Waals surface area contributed by atoms with Crippen molar-refractivity contribution in [3.63, 3.8) is 0 Å². The second kappa shape index (κ2) is 6.35. The summed E-state index contributed by atoms with van der Waals surface area (Å²) in [6.07, 6.45) is 1.31. The minimum Gasteiger partial charge on any atom is -0.384 e. The molecule has 0 fully saturated rings. The van der Waals surface area contributed by atoms with Gasteiger partial charge in [-0.15, -0.1) is 0 Å². The van der Waals surface area contributed by atoms with Gasteiger partial charge in [-0.3, -0.25) is 9.78 Å². The molecule has 1 heterocycles. The molecule has 1 aliphatic carbocycles. The van der Waals surface area contributed by atoms with Crippen LogP contribution in [0.15, 0.2) is 36.5 Å². The number of amides is 1. The summed E-state index contributed by atoms with van der Waals surface area (Å²) in [7, 11) is 0. The first kappa shape index (κ1) is 17.8. The molecular weight excluding hydrogens is 350 g/mol. The quantitative estimate of drug-likeness (QED) is 0.875. The van der Waals surface area contributed by atoms with Gasteiger partial charge in [0, 0.05) is 28.9 Å². The topological polar surface area (TPSA) is 62.2 Å². The molecule has 4 nitrogen and oxygen atoms in total. The van der Waals surface area contributed by atoms with Crippen molar-refractivity contribution in [2.45, 2.75) is 37.6 Å². The molecule has 0 saturated heterocycles. The van der Waals surface area contributed by atoms with Crippen LogP contribution in [-0.2, 0) is 22.6 Å². The van der Waals surface area contributed by atoms with Gasteiger partial charge in [0.25, 0.3) is 5.91 Å². The SMILES string of the molecule is CC1(O)CCC(F)(C(=O)NCc2ccc(Cl)cc2F)c2cccnc21. The fourth-order valence-electron chi connectivity index (χ4n) is 3.04. The molecule has 0 spiro atoms. The molecule has 2 aromatic rings. The summed E-state index contributed by atoms with van der Waals surface area (Å²) in [5, 5.41) is 13.1. The van der Waals surface area contributed by atoms with Crippen LogP contribution in [-0.4, -0.2) is 16.0 Å². The summed E-state index contributed by atoms with van der Waals surface area (Å²) < 4.78 is 29.3. The Morgan fingerprint density at radius 3 is 2.88 bits per heavy atom. The van der Waals surface area contributed by atoms with E-state index in [0.29, 0.717) is 0 Å². The van der Waals surface area contributed by atoms with Crippen LogP contribution in [0.3, 0.4) is 0 Å². The predicted octanol–water partition coefficient (Wildman–Crippen LogP) is 3.36. The number of alkyl halides is 1. The Morgan fingerprint density at radius 1 is 1.40 bits per heavy atom. The van der Waals surface area contributed by atoms with Gasteiger partial charge in [0.05, 0.1) is 5.69 Å². The summed E-state index contributed by atoms with van der Waals surface area (Å²) >= 11 is 5.69. The van der Waals surface area contributed by atoms with E-state index in [1.807, 2.05) is 0 Å². The standard InChI is InChI=1S/C18H17ClF2N2O2/c1-17(25)6-7-18(21,13-3-2-8-22-15(13)17)16(24)23-10-11-4-5-12(19)9-14(11)20/h2-5,8-9,25H,6-7,10H2,1H3,(H,23,24). The molecule has 2 unspecified atom stereocenters. The molecule has 7 heteroatoms. The fourth-order valence-corrected chi connectivity index (χ4v) is 3.20. The van der Waals surface area contributed by atoms with E-state index in [-0.39, 0.29) is 41.2 Å². The Bertz CT molecular complexity index is 828. The van der Waals surface area contributed by atoms with E-state index in [9.17, 15) is 14.3 Å². The summed E-state index contributed by atoms with van der Waals surface area (Å²) in [5.41, 5.74) is -3.23. The molecule has 3 rings (SSSR count). The van der Waals surface area contributed by atoms with Gasteiger partial charge in [0.2, 0.25) is 5.67 Å². The van der Waals surface area contributed by atoms with Crippen LogP contribution in [0, 0.1) is 5.82 Å². The second-order valence-electron chi connectivity index (χ2n) is 6.39. The van der Waals surface area contributed by atoms with Crippen LogP contribution in [0.25, 0.3) is 0 Å². The Hall–Kier alpha value is -2.05. The highest BCUT2D eigenvalue weighted by atomic mass is 35.5. The van der Waals surface area contributed by atoms with Crippen molar-refractivity contribution >= 4 is 17.5 Å². The third-order valence-electron chi connectivity index (χ3n) is 4.52. The van der Waals surface area contributed by atoms with Gasteiger partial charge in [0.1, 0.15) is 11.4 Å². The third kappa shape index (κ3) is 3.24. The minimum atomic E-state index is -2.32. The molecule has 0 bridgehead atoms. The van der Waals surface area contributed by atoms with Gasteiger partial charge >= 0.3 is 0 Å². The molecule has 2 atom stereocenters. The lowest BCUT2D eigenvalue weighted by atomic mass is 9.75. The monoisotopic (exact) mass is 366 g/mol. The van der Waals surface area contributed by atoms with E-state index in [1.165, 1.54) is 30.5 Å². The first-order valence-electron chi connectivity index (χ1n) is 7.83. The number of hydrogen-bond acceptors (Lipinski definition) is 3. The number of carbonyl (C=O) groups excluding carboxylic acids is 1. The third-order valence-corrected chi connectivity index (χ3v) is 4.75. The Morgan fingerprint density at radius 2 is 2.16 bits per heavy atom. The van der Waals surface area contributed by atoms with E-state index in [0.717, 1.165) is 6.07 Å². The largest absolute Gasteiger partial charge is 0.384 e. The lowest BCUT2D eigenvalue weighted by molar-refractivity contribution is -0.136. The van der Waals surface area contributed by atoms with Crippen LogP contribution in [0.4, 0.5) is 8.78 Å². The van der Waals surface area contributed by atoms with Crippen molar-refractivity contribution in [2.75, 3.05) is 0 Å². The van der Waals surface area contributed by atoms with Crippen molar-refractivity contribution in [3.05, 3.63) is 64.2 Å². The Labute approximate surface area is 148 Å². The number of hydrogen-bond donors (Lipinski definition) is 2. The predicted molar refractivity (Wildman–Crippen MR) is 89.1 cm³/mol. The van der Waals surface area contributed by atoms with Crippen molar-refractivity contribution < 1.29 is 18.7 Å². The molecule has 0 aliphatic heterocycles. The van der Waals surface area contributed by atoms with Gasteiger partial charge in [-0.25, -0.2) is 8.78 Å². The smallest absolute Gasteiger partial charge is 0.262 e. The molecule has 2 N–H and O–H groups in total. The van der Waals surface area contributed by atoms with Gasteiger partial charge in [-0.2, -0.15) is 0 Å². The molecule has 132 valence electrons. The number of aromatic nitrogens is 1. The molecular formula is C18H17ClF2N2O2. The zero-order chi connectivity index (χ0) is 18.2.